The van der Waals surface area contributed by atoms with Crippen LogP contribution in [0, 0.1) is 16.2 Å². The summed E-state index contributed by atoms with van der Waals surface area (Å²) in [6.45, 7) is 0. The van der Waals surface area contributed by atoms with Crippen LogP contribution in [0.4, 0.5) is 0 Å². The molecule has 7 N–H and O–H groups in total. The summed E-state index contributed by atoms with van der Waals surface area (Å²) in [5.74, 6) is -3.46. The standard InChI is InChI=1S/C6H8O7.3C5H13N3/c7-3(8)1-6(13,5(11)12)2-4(9)10;3*1-7(2)5(6)8(3)4/h13H,1-2H2,(H,7,8)(H,9,10)(H,11,12);3*6H,1-4H3. The molecule has 0 fully saturated rings. The number of aliphatic hydroxyl groups is 1. The maximum Gasteiger partial charge on any atom is 0.336 e. The zero-order valence-corrected chi connectivity index (χ0v) is 24.1. The summed E-state index contributed by atoms with van der Waals surface area (Å²) in [5.41, 5.74) is -2.74. The first kappa shape index (κ1) is 40.4. The van der Waals surface area contributed by atoms with Crippen molar-refractivity contribution in [3.8, 4) is 0 Å². The Morgan fingerprint density at radius 2 is 0.676 bits per heavy atom. The number of nitrogens with one attached hydrogen (secondary N) is 3. The fraction of sp³-hybridized carbons (Fsp3) is 0.714. The van der Waals surface area contributed by atoms with Crippen molar-refractivity contribution in [1.29, 1.82) is 16.2 Å². The van der Waals surface area contributed by atoms with E-state index in [0.717, 1.165) is 0 Å². The maximum absolute atomic E-state index is 10.3. The van der Waals surface area contributed by atoms with Gasteiger partial charge in [-0.2, -0.15) is 0 Å². The molecule has 0 saturated heterocycles. The molecule has 0 rings (SSSR count). The van der Waals surface area contributed by atoms with E-state index in [0.29, 0.717) is 17.9 Å². The zero-order valence-electron chi connectivity index (χ0n) is 24.1. The number of hydrogen-bond donors (Lipinski definition) is 7. The number of rotatable bonds is 5. The largest absolute Gasteiger partial charge is 0.481 e. The average molecular weight is 538 g/mol. The molecule has 0 saturated carbocycles. The number of carbonyl (C=O) groups is 3. The highest BCUT2D eigenvalue weighted by atomic mass is 16.4. The third kappa shape index (κ3) is 22.4. The van der Waals surface area contributed by atoms with Gasteiger partial charge in [0.05, 0.1) is 12.8 Å². The number of aliphatic carboxylic acids is 3. The van der Waals surface area contributed by atoms with E-state index in [4.69, 9.17) is 36.7 Å². The van der Waals surface area contributed by atoms with E-state index in [1.54, 1.807) is 29.4 Å². The van der Waals surface area contributed by atoms with E-state index < -0.39 is 36.4 Å². The first-order valence-corrected chi connectivity index (χ1v) is 10.6. The normalized spacial score (nSPS) is 9.32. The fourth-order valence-corrected chi connectivity index (χ4v) is 1.91. The minimum Gasteiger partial charge on any atom is -0.481 e. The Kier molecular flexibility index (Phi) is 21.1. The van der Waals surface area contributed by atoms with Gasteiger partial charge in [-0.15, -0.1) is 0 Å². The molecule has 0 aliphatic heterocycles. The van der Waals surface area contributed by atoms with Crippen LogP contribution >= 0.6 is 0 Å². The van der Waals surface area contributed by atoms with Gasteiger partial charge in [0.2, 0.25) is 0 Å². The van der Waals surface area contributed by atoms with Crippen LogP contribution < -0.4 is 0 Å². The van der Waals surface area contributed by atoms with Crippen molar-refractivity contribution in [2.24, 2.45) is 0 Å². The summed E-state index contributed by atoms with van der Waals surface area (Å²) in [5, 5.41) is 55.6. The van der Waals surface area contributed by atoms with Gasteiger partial charge in [0, 0.05) is 84.6 Å². The quantitative estimate of drug-likeness (QED) is 0.163. The summed E-state index contributed by atoms with van der Waals surface area (Å²) in [6, 6.07) is 0. The molecule has 0 aliphatic rings. The van der Waals surface area contributed by atoms with Crippen molar-refractivity contribution >= 4 is 35.8 Å². The molecule has 0 aliphatic carbocycles. The van der Waals surface area contributed by atoms with Crippen molar-refractivity contribution in [1.82, 2.24) is 29.4 Å². The molecule has 16 heteroatoms. The summed E-state index contributed by atoms with van der Waals surface area (Å²) in [4.78, 5) is 41.0. The predicted octanol–water partition coefficient (Wildman–Crippen LogP) is -1.12. The van der Waals surface area contributed by atoms with Gasteiger partial charge in [-0.25, -0.2) is 4.79 Å². The van der Waals surface area contributed by atoms with Crippen LogP contribution in [0.2, 0.25) is 0 Å². The molecule has 0 bridgehead atoms. The molecule has 0 radical (unpaired) electrons. The van der Waals surface area contributed by atoms with E-state index in [1.807, 2.05) is 84.6 Å². The van der Waals surface area contributed by atoms with Crippen molar-refractivity contribution < 1.29 is 34.8 Å². The Morgan fingerprint density at radius 3 is 0.730 bits per heavy atom. The Balaban J connectivity index is -0.000000202. The van der Waals surface area contributed by atoms with Crippen LogP contribution in [0.15, 0.2) is 0 Å². The van der Waals surface area contributed by atoms with Crippen LogP contribution in [0.25, 0.3) is 0 Å². The van der Waals surface area contributed by atoms with E-state index in [9.17, 15) is 14.4 Å². The highest BCUT2D eigenvalue weighted by Crippen LogP contribution is 2.15. The van der Waals surface area contributed by atoms with Crippen LogP contribution in [0.3, 0.4) is 0 Å². The number of nitrogens with zero attached hydrogens (tertiary/aromatic N) is 6. The van der Waals surface area contributed by atoms with E-state index in [2.05, 4.69) is 0 Å². The number of hydrogen-bond acceptors (Lipinski definition) is 7. The van der Waals surface area contributed by atoms with Crippen LogP contribution in [-0.4, -0.2) is 176 Å². The second kappa shape index (κ2) is 19.4. The Bertz CT molecular complexity index is 650. The molecule has 0 unspecified atom stereocenters. The Morgan fingerprint density at radius 1 is 0.514 bits per heavy atom. The minimum atomic E-state index is -2.74. The third-order valence-corrected chi connectivity index (χ3v) is 3.83. The van der Waals surface area contributed by atoms with E-state index >= 15 is 0 Å². The molecule has 218 valence electrons. The van der Waals surface area contributed by atoms with Gasteiger partial charge in [0.1, 0.15) is 0 Å². The molecule has 16 nitrogen and oxygen atoms in total. The molecule has 0 spiro atoms. The van der Waals surface area contributed by atoms with E-state index in [-0.39, 0.29) is 0 Å². The fourth-order valence-electron chi connectivity index (χ4n) is 1.91. The summed E-state index contributed by atoms with van der Waals surface area (Å²) in [6.07, 6.45) is -2.29. The second-order valence-corrected chi connectivity index (χ2v) is 8.82. The molecule has 0 amide bonds. The van der Waals surface area contributed by atoms with E-state index in [1.165, 1.54) is 0 Å². The van der Waals surface area contributed by atoms with Gasteiger partial charge >= 0.3 is 17.9 Å². The topological polar surface area (TPSA) is 223 Å². The monoisotopic (exact) mass is 537 g/mol. The predicted molar refractivity (Wildman–Crippen MR) is 142 cm³/mol. The smallest absolute Gasteiger partial charge is 0.336 e. The van der Waals surface area contributed by atoms with Crippen molar-refractivity contribution in [3.63, 3.8) is 0 Å². The second-order valence-electron chi connectivity index (χ2n) is 8.82. The maximum atomic E-state index is 10.3. The molecular weight excluding hydrogens is 490 g/mol. The molecule has 0 aromatic rings. The Hall–Kier alpha value is -3.82. The Labute approximate surface area is 219 Å². The lowest BCUT2D eigenvalue weighted by Gasteiger charge is -2.19. The van der Waals surface area contributed by atoms with Crippen LogP contribution in [0.1, 0.15) is 12.8 Å². The summed E-state index contributed by atoms with van der Waals surface area (Å²) < 4.78 is 0. The number of carboxylic acid groups (broad SMARTS) is 3. The molecular formula is C21H47N9O7. The van der Waals surface area contributed by atoms with Crippen molar-refractivity contribution in [2.75, 3.05) is 84.6 Å². The highest BCUT2D eigenvalue weighted by molar-refractivity contribution is 5.88. The number of guanidine groups is 3. The summed E-state index contributed by atoms with van der Waals surface area (Å²) in [7, 11) is 22.2. The van der Waals surface area contributed by atoms with Gasteiger partial charge in [-0.05, 0) is 0 Å². The zero-order chi connectivity index (χ0) is 30.8. The molecule has 0 heterocycles. The highest BCUT2D eigenvalue weighted by Gasteiger charge is 2.40. The van der Waals surface area contributed by atoms with Crippen LogP contribution in [-0.2, 0) is 14.4 Å². The SMILES string of the molecule is CN(C)C(=N)N(C)C.CN(C)C(=N)N(C)C.CN(C)C(=N)N(C)C.O=C(O)CC(O)(CC(=O)O)C(=O)O. The van der Waals surface area contributed by atoms with Crippen LogP contribution in [0.5, 0.6) is 0 Å². The lowest BCUT2D eigenvalue weighted by molar-refractivity contribution is -0.170. The first-order chi connectivity index (χ1) is 16.4. The lowest BCUT2D eigenvalue weighted by atomic mass is 9.96. The third-order valence-electron chi connectivity index (χ3n) is 3.83. The summed E-state index contributed by atoms with van der Waals surface area (Å²) >= 11 is 0. The lowest BCUT2D eigenvalue weighted by Crippen LogP contribution is -2.42. The first-order valence-electron chi connectivity index (χ1n) is 10.6. The molecule has 0 atom stereocenters. The van der Waals surface area contributed by atoms with Gasteiger partial charge in [0.15, 0.2) is 23.5 Å². The van der Waals surface area contributed by atoms with Gasteiger partial charge in [-0.1, -0.05) is 0 Å². The molecule has 37 heavy (non-hydrogen) atoms. The van der Waals surface area contributed by atoms with Crippen molar-refractivity contribution in [2.45, 2.75) is 18.4 Å². The minimum absolute atomic E-state index is 0.519. The average Bonchev–Trinajstić information content (AvgIpc) is 2.71. The van der Waals surface area contributed by atoms with Gasteiger partial charge in [0.25, 0.3) is 0 Å². The van der Waals surface area contributed by atoms with Gasteiger partial charge in [-0.3, -0.25) is 25.8 Å². The molecule has 0 aromatic heterocycles. The number of carboxylic acids is 3. The van der Waals surface area contributed by atoms with Crippen molar-refractivity contribution in [3.05, 3.63) is 0 Å². The molecule has 0 aromatic carbocycles. The van der Waals surface area contributed by atoms with Gasteiger partial charge < -0.3 is 49.8 Å².